The second kappa shape index (κ2) is 5.93. The van der Waals surface area contributed by atoms with Gasteiger partial charge in [0.25, 0.3) is 0 Å². The molecule has 0 fully saturated rings. The third kappa shape index (κ3) is 3.88. The smallest absolute Gasteiger partial charge is 0.377 e. The molecule has 0 aliphatic heterocycles. The van der Waals surface area contributed by atoms with Gasteiger partial charge in [-0.05, 0) is 42.8 Å². The molecule has 21 heavy (non-hydrogen) atoms. The third-order valence-electron chi connectivity index (χ3n) is 3.01. The van der Waals surface area contributed by atoms with Crippen molar-refractivity contribution in [2.24, 2.45) is 0 Å². The van der Waals surface area contributed by atoms with E-state index in [0.717, 1.165) is 12.1 Å². The molecule has 0 bridgehead atoms. The van der Waals surface area contributed by atoms with Crippen LogP contribution >= 0.6 is 11.6 Å². The average molecular weight is 318 g/mol. The highest BCUT2D eigenvalue weighted by Gasteiger charge is 2.31. The summed E-state index contributed by atoms with van der Waals surface area (Å²) in [6, 6.07) is 8.50. The largest absolute Gasteiger partial charge is 0.416 e. The van der Waals surface area contributed by atoms with Crippen molar-refractivity contribution < 1.29 is 17.6 Å². The number of anilines is 1. The summed E-state index contributed by atoms with van der Waals surface area (Å²) >= 11 is 5.91. The quantitative estimate of drug-likeness (QED) is 0.719. The minimum atomic E-state index is -4.44. The lowest BCUT2D eigenvalue weighted by Gasteiger charge is -2.18. The van der Waals surface area contributed by atoms with E-state index >= 15 is 0 Å². The maximum atomic E-state index is 13.2. The first-order valence-corrected chi connectivity index (χ1v) is 6.54. The van der Waals surface area contributed by atoms with E-state index in [-0.39, 0.29) is 16.8 Å². The lowest BCUT2D eigenvalue weighted by molar-refractivity contribution is -0.137. The lowest BCUT2D eigenvalue weighted by Crippen LogP contribution is -2.10. The molecule has 0 spiro atoms. The van der Waals surface area contributed by atoms with Crippen molar-refractivity contribution in [2.75, 3.05) is 5.32 Å². The molecular formula is C15H12ClF4N. The molecule has 1 atom stereocenters. The number of halogens is 5. The number of rotatable bonds is 3. The average Bonchev–Trinajstić information content (AvgIpc) is 2.40. The number of alkyl halides is 3. The molecule has 2 aromatic carbocycles. The molecule has 0 aliphatic carbocycles. The zero-order valence-corrected chi connectivity index (χ0v) is 11.8. The van der Waals surface area contributed by atoms with Crippen molar-refractivity contribution in [2.45, 2.75) is 19.1 Å². The highest BCUT2D eigenvalue weighted by Crippen LogP contribution is 2.35. The predicted octanol–water partition coefficient (Wildman–Crippen LogP) is 5.67. The molecule has 0 saturated carbocycles. The van der Waals surface area contributed by atoms with Crippen LogP contribution in [-0.4, -0.2) is 0 Å². The van der Waals surface area contributed by atoms with Gasteiger partial charge >= 0.3 is 6.18 Å². The second-order valence-corrected chi connectivity index (χ2v) is 5.02. The zero-order chi connectivity index (χ0) is 15.6. The zero-order valence-electron chi connectivity index (χ0n) is 11.0. The van der Waals surface area contributed by atoms with Crippen LogP contribution in [-0.2, 0) is 6.18 Å². The van der Waals surface area contributed by atoms with E-state index in [2.05, 4.69) is 5.32 Å². The molecule has 0 amide bonds. The Hall–Kier alpha value is -1.75. The summed E-state index contributed by atoms with van der Waals surface area (Å²) in [6.07, 6.45) is -4.44. The monoisotopic (exact) mass is 317 g/mol. The minimum absolute atomic E-state index is 0.156. The second-order valence-electron chi connectivity index (χ2n) is 4.61. The van der Waals surface area contributed by atoms with E-state index in [1.165, 1.54) is 24.3 Å². The molecule has 1 unspecified atom stereocenters. The Morgan fingerprint density at radius 3 is 2.43 bits per heavy atom. The minimum Gasteiger partial charge on any atom is -0.377 e. The Labute approximate surface area is 124 Å². The van der Waals surface area contributed by atoms with Crippen LogP contribution < -0.4 is 5.32 Å². The Bertz CT molecular complexity index is 640. The molecule has 0 aliphatic rings. The first-order chi connectivity index (χ1) is 9.77. The summed E-state index contributed by atoms with van der Waals surface area (Å²) in [4.78, 5) is 0. The van der Waals surface area contributed by atoms with E-state index in [9.17, 15) is 17.6 Å². The standard InChI is InChI=1S/C15H12ClF4N/c1-9(10-3-2-4-12(17)7-10)21-14-8-11(15(18,19)20)5-6-13(14)16/h2-9,21H,1H3. The van der Waals surface area contributed by atoms with Gasteiger partial charge in [0.1, 0.15) is 5.82 Å². The number of hydrogen-bond donors (Lipinski definition) is 1. The number of hydrogen-bond acceptors (Lipinski definition) is 1. The summed E-state index contributed by atoms with van der Waals surface area (Å²) in [6.45, 7) is 1.71. The van der Waals surface area contributed by atoms with Crippen LogP contribution in [0.25, 0.3) is 0 Å². The van der Waals surface area contributed by atoms with Crippen molar-refractivity contribution in [3.05, 3.63) is 64.4 Å². The van der Waals surface area contributed by atoms with Crippen LogP contribution in [0.3, 0.4) is 0 Å². The topological polar surface area (TPSA) is 12.0 Å². The van der Waals surface area contributed by atoms with Gasteiger partial charge in [0.05, 0.1) is 16.3 Å². The predicted molar refractivity (Wildman–Crippen MR) is 74.9 cm³/mol. The fourth-order valence-corrected chi connectivity index (χ4v) is 2.08. The molecule has 6 heteroatoms. The van der Waals surface area contributed by atoms with Crippen molar-refractivity contribution >= 4 is 17.3 Å². The highest BCUT2D eigenvalue weighted by atomic mass is 35.5. The Balaban J connectivity index is 2.26. The molecular weight excluding hydrogens is 306 g/mol. The van der Waals surface area contributed by atoms with Crippen molar-refractivity contribution in [1.82, 2.24) is 0 Å². The molecule has 1 nitrogen and oxygen atoms in total. The highest BCUT2D eigenvalue weighted by molar-refractivity contribution is 6.33. The Morgan fingerprint density at radius 1 is 1.10 bits per heavy atom. The third-order valence-corrected chi connectivity index (χ3v) is 3.34. The van der Waals surface area contributed by atoms with Crippen molar-refractivity contribution in [1.29, 1.82) is 0 Å². The van der Waals surface area contributed by atoms with Gasteiger partial charge in [-0.1, -0.05) is 23.7 Å². The normalized spacial score (nSPS) is 13.0. The molecule has 0 aromatic heterocycles. The van der Waals surface area contributed by atoms with E-state index in [1.54, 1.807) is 13.0 Å². The summed E-state index contributed by atoms with van der Waals surface area (Å²) in [7, 11) is 0. The van der Waals surface area contributed by atoms with Crippen LogP contribution in [0.4, 0.5) is 23.2 Å². The first-order valence-electron chi connectivity index (χ1n) is 6.16. The summed E-state index contributed by atoms with van der Waals surface area (Å²) in [5, 5.41) is 3.04. The molecule has 2 aromatic rings. The summed E-state index contributed by atoms with van der Waals surface area (Å²) in [5.74, 6) is -0.406. The van der Waals surface area contributed by atoms with E-state index in [4.69, 9.17) is 11.6 Å². The Kier molecular flexibility index (Phi) is 4.42. The van der Waals surface area contributed by atoms with E-state index in [0.29, 0.717) is 5.56 Å². The van der Waals surface area contributed by atoms with Crippen LogP contribution in [0, 0.1) is 5.82 Å². The SMILES string of the molecule is CC(Nc1cc(C(F)(F)F)ccc1Cl)c1cccc(F)c1. The molecule has 112 valence electrons. The molecule has 1 N–H and O–H groups in total. The van der Waals surface area contributed by atoms with Gasteiger partial charge < -0.3 is 5.32 Å². The van der Waals surface area contributed by atoms with Crippen LogP contribution in [0.2, 0.25) is 5.02 Å². The van der Waals surface area contributed by atoms with Gasteiger partial charge in [-0.3, -0.25) is 0 Å². The molecule has 0 radical (unpaired) electrons. The van der Waals surface area contributed by atoms with Gasteiger partial charge in [0, 0.05) is 6.04 Å². The van der Waals surface area contributed by atoms with Gasteiger partial charge in [0.15, 0.2) is 0 Å². The van der Waals surface area contributed by atoms with E-state index < -0.39 is 17.6 Å². The van der Waals surface area contributed by atoms with Crippen LogP contribution in [0.1, 0.15) is 24.1 Å². The van der Waals surface area contributed by atoms with Gasteiger partial charge in [-0.25, -0.2) is 4.39 Å². The molecule has 2 rings (SSSR count). The molecule has 0 heterocycles. The van der Waals surface area contributed by atoms with Crippen molar-refractivity contribution in [3.63, 3.8) is 0 Å². The summed E-state index contributed by atoms with van der Waals surface area (Å²) in [5.41, 5.74) is -0.0208. The summed E-state index contributed by atoms with van der Waals surface area (Å²) < 4.78 is 51.2. The Morgan fingerprint density at radius 2 is 1.81 bits per heavy atom. The number of nitrogens with one attached hydrogen (secondary N) is 1. The fraction of sp³-hybridized carbons (Fsp3) is 0.200. The van der Waals surface area contributed by atoms with Crippen LogP contribution in [0.5, 0.6) is 0 Å². The van der Waals surface area contributed by atoms with Gasteiger partial charge in [-0.15, -0.1) is 0 Å². The number of benzene rings is 2. The first kappa shape index (κ1) is 15.6. The molecule has 0 saturated heterocycles. The lowest BCUT2D eigenvalue weighted by atomic mass is 10.1. The van der Waals surface area contributed by atoms with Gasteiger partial charge in [0.2, 0.25) is 0 Å². The van der Waals surface area contributed by atoms with E-state index in [1.807, 2.05) is 0 Å². The maximum absolute atomic E-state index is 13.2. The van der Waals surface area contributed by atoms with Gasteiger partial charge in [-0.2, -0.15) is 13.2 Å². The van der Waals surface area contributed by atoms with Crippen molar-refractivity contribution in [3.8, 4) is 0 Å². The fourth-order valence-electron chi connectivity index (χ4n) is 1.90. The van der Waals surface area contributed by atoms with Crippen LogP contribution in [0.15, 0.2) is 42.5 Å². The maximum Gasteiger partial charge on any atom is 0.416 e.